The van der Waals surface area contributed by atoms with E-state index in [1.54, 1.807) is 0 Å². The van der Waals surface area contributed by atoms with Crippen LogP contribution in [-0.4, -0.2) is 16.3 Å². The number of aliphatic hydroxyl groups is 2. The molecular weight excluding hydrogens is 368 g/mol. The molecule has 1 aliphatic carbocycles. The maximum absolute atomic E-state index is 11.3. The van der Waals surface area contributed by atoms with E-state index in [0.717, 1.165) is 22.1 Å². The molecule has 5 rings (SSSR count). The molecule has 4 aromatic rings. The van der Waals surface area contributed by atoms with Crippen LogP contribution in [0.25, 0.3) is 10.8 Å². The maximum Gasteiger partial charge on any atom is 0.108 e. The molecule has 30 heavy (non-hydrogen) atoms. The molecule has 4 aromatic carbocycles. The Hall–Kier alpha value is -3.36. The summed E-state index contributed by atoms with van der Waals surface area (Å²) < 4.78 is 0. The monoisotopic (exact) mass is 392 g/mol. The van der Waals surface area contributed by atoms with E-state index in [4.69, 9.17) is 0 Å². The molecule has 0 heterocycles. The molecule has 0 fully saturated rings. The summed E-state index contributed by atoms with van der Waals surface area (Å²) in [6, 6.07) is 34.5. The van der Waals surface area contributed by atoms with E-state index in [-0.39, 0.29) is 11.7 Å². The van der Waals surface area contributed by atoms with Gasteiger partial charge in [0.15, 0.2) is 0 Å². The van der Waals surface area contributed by atoms with Gasteiger partial charge in [-0.3, -0.25) is 0 Å². The van der Waals surface area contributed by atoms with E-state index in [9.17, 15) is 10.2 Å². The smallest absolute Gasteiger partial charge is 0.108 e. The first-order chi connectivity index (χ1) is 14.6. The number of fused-ring (bicyclic) bond motifs is 1. The van der Waals surface area contributed by atoms with Gasteiger partial charge in [0.25, 0.3) is 0 Å². The number of hydrogen-bond donors (Lipinski definition) is 2. The van der Waals surface area contributed by atoms with Crippen LogP contribution in [0.2, 0.25) is 0 Å². The third-order valence-electron chi connectivity index (χ3n) is 6.53. The van der Waals surface area contributed by atoms with Gasteiger partial charge in [-0.2, -0.15) is 0 Å². The summed E-state index contributed by atoms with van der Waals surface area (Å²) in [4.78, 5) is 0. The van der Waals surface area contributed by atoms with Gasteiger partial charge in [-0.15, -0.1) is 0 Å². The van der Waals surface area contributed by atoms with Gasteiger partial charge in [0.05, 0.1) is 11.5 Å². The summed E-state index contributed by atoms with van der Waals surface area (Å²) in [5, 5.41) is 24.9. The van der Waals surface area contributed by atoms with Crippen LogP contribution in [0.1, 0.15) is 29.5 Å². The van der Waals surface area contributed by atoms with Gasteiger partial charge in [0.2, 0.25) is 0 Å². The second-order valence-electron chi connectivity index (χ2n) is 8.23. The van der Waals surface area contributed by atoms with Crippen LogP contribution >= 0.6 is 0 Å². The van der Waals surface area contributed by atoms with Crippen LogP contribution in [0.15, 0.2) is 114 Å². The van der Waals surface area contributed by atoms with Crippen molar-refractivity contribution in [1.29, 1.82) is 0 Å². The number of aliphatic hydroxyl groups excluding tert-OH is 2. The fourth-order valence-corrected chi connectivity index (χ4v) is 4.75. The van der Waals surface area contributed by atoms with Crippen molar-refractivity contribution in [2.24, 2.45) is 0 Å². The number of hydrogen-bond acceptors (Lipinski definition) is 2. The van der Waals surface area contributed by atoms with Gasteiger partial charge < -0.3 is 10.2 Å². The lowest BCUT2D eigenvalue weighted by atomic mass is 9.59. The van der Waals surface area contributed by atoms with Gasteiger partial charge in [-0.05, 0) is 34.4 Å². The van der Waals surface area contributed by atoms with Crippen LogP contribution in [0, 0.1) is 0 Å². The molecular formula is C28H24O2. The third kappa shape index (κ3) is 2.76. The molecule has 2 nitrogen and oxygen atoms in total. The van der Waals surface area contributed by atoms with Gasteiger partial charge in [0, 0.05) is 11.5 Å². The lowest BCUT2D eigenvalue weighted by molar-refractivity contribution is 0.0600. The van der Waals surface area contributed by atoms with E-state index in [1.165, 1.54) is 5.39 Å². The quantitative estimate of drug-likeness (QED) is 0.439. The Balaban J connectivity index is 1.68. The molecule has 3 atom stereocenters. The summed E-state index contributed by atoms with van der Waals surface area (Å²) >= 11 is 0. The van der Waals surface area contributed by atoms with E-state index < -0.39 is 11.5 Å². The zero-order valence-electron chi connectivity index (χ0n) is 16.9. The minimum Gasteiger partial charge on any atom is -0.511 e. The van der Waals surface area contributed by atoms with Crippen LogP contribution < -0.4 is 0 Å². The highest BCUT2D eigenvalue weighted by molar-refractivity contribution is 5.83. The Morgan fingerprint density at radius 3 is 1.97 bits per heavy atom. The standard InChI is InChI=1S/C28H24O2/c1-28(23-14-6-3-7-15-23)26(29)25(27(28)30)24(20-11-4-2-5-12-20)22-17-16-19-10-8-9-13-21(19)18-22/h2-18,24,26,29-30H,1H3. The van der Waals surface area contributed by atoms with Crippen molar-refractivity contribution in [3.05, 3.63) is 131 Å². The van der Waals surface area contributed by atoms with Crippen LogP contribution in [0.3, 0.4) is 0 Å². The van der Waals surface area contributed by atoms with Crippen molar-refractivity contribution in [3.63, 3.8) is 0 Å². The molecule has 0 aliphatic heterocycles. The van der Waals surface area contributed by atoms with Crippen molar-refractivity contribution in [3.8, 4) is 0 Å². The SMILES string of the molecule is CC1(c2ccccc2)C(O)=C(C(c2ccccc2)c2ccc3ccccc3c2)C1O. The molecule has 1 aliphatic rings. The van der Waals surface area contributed by atoms with E-state index in [0.29, 0.717) is 5.57 Å². The van der Waals surface area contributed by atoms with E-state index >= 15 is 0 Å². The van der Waals surface area contributed by atoms with Crippen molar-refractivity contribution < 1.29 is 10.2 Å². The van der Waals surface area contributed by atoms with Crippen molar-refractivity contribution in [2.45, 2.75) is 24.4 Å². The van der Waals surface area contributed by atoms with E-state index in [1.807, 2.05) is 67.6 Å². The van der Waals surface area contributed by atoms with Crippen molar-refractivity contribution in [2.75, 3.05) is 0 Å². The fraction of sp³-hybridized carbons (Fsp3) is 0.143. The Labute approximate surface area is 176 Å². The number of benzene rings is 4. The molecule has 0 spiro atoms. The zero-order chi connectivity index (χ0) is 20.7. The average Bonchev–Trinajstić information content (AvgIpc) is 2.82. The minimum atomic E-state index is -0.791. The largest absolute Gasteiger partial charge is 0.511 e. The molecule has 0 bridgehead atoms. The summed E-state index contributed by atoms with van der Waals surface area (Å²) in [5.41, 5.74) is 2.94. The predicted octanol–water partition coefficient (Wildman–Crippen LogP) is 6.12. The molecule has 0 amide bonds. The Kier molecular flexibility index (Phi) is 4.45. The Bertz CT molecular complexity index is 1230. The number of rotatable bonds is 4. The van der Waals surface area contributed by atoms with Crippen LogP contribution in [0.4, 0.5) is 0 Å². The second kappa shape index (κ2) is 7.16. The van der Waals surface area contributed by atoms with Crippen LogP contribution in [-0.2, 0) is 5.41 Å². The average molecular weight is 392 g/mol. The first kappa shape index (κ1) is 18.7. The minimum absolute atomic E-state index is 0.206. The Morgan fingerprint density at radius 1 is 0.700 bits per heavy atom. The van der Waals surface area contributed by atoms with Gasteiger partial charge in [-0.1, -0.05) is 103 Å². The highest BCUT2D eigenvalue weighted by Gasteiger charge is 2.54. The summed E-state index contributed by atoms with van der Waals surface area (Å²) in [6.07, 6.45) is -0.767. The molecule has 148 valence electrons. The summed E-state index contributed by atoms with van der Waals surface area (Å²) in [6.45, 7) is 1.91. The molecule has 3 unspecified atom stereocenters. The zero-order valence-corrected chi connectivity index (χ0v) is 16.9. The molecule has 0 aromatic heterocycles. The van der Waals surface area contributed by atoms with E-state index in [2.05, 4.69) is 42.5 Å². The lowest BCUT2D eigenvalue weighted by Gasteiger charge is -2.48. The molecule has 0 saturated heterocycles. The lowest BCUT2D eigenvalue weighted by Crippen LogP contribution is -2.51. The maximum atomic E-state index is 11.3. The van der Waals surface area contributed by atoms with Crippen molar-refractivity contribution >= 4 is 10.8 Å². The topological polar surface area (TPSA) is 40.5 Å². The van der Waals surface area contributed by atoms with Gasteiger partial charge in [0.1, 0.15) is 5.76 Å². The van der Waals surface area contributed by atoms with Gasteiger partial charge >= 0.3 is 0 Å². The highest BCUT2D eigenvalue weighted by Crippen LogP contribution is 2.53. The molecule has 2 N–H and O–H groups in total. The van der Waals surface area contributed by atoms with Crippen LogP contribution in [0.5, 0.6) is 0 Å². The summed E-state index contributed by atoms with van der Waals surface area (Å²) in [7, 11) is 0. The predicted molar refractivity (Wildman–Crippen MR) is 122 cm³/mol. The van der Waals surface area contributed by atoms with Crippen molar-refractivity contribution in [1.82, 2.24) is 0 Å². The first-order valence-electron chi connectivity index (χ1n) is 10.3. The first-order valence-corrected chi connectivity index (χ1v) is 10.3. The normalized spacial score (nSPS) is 22.0. The molecule has 2 heteroatoms. The Morgan fingerprint density at radius 2 is 1.30 bits per heavy atom. The third-order valence-corrected chi connectivity index (χ3v) is 6.53. The molecule has 0 saturated carbocycles. The second-order valence-corrected chi connectivity index (χ2v) is 8.23. The fourth-order valence-electron chi connectivity index (χ4n) is 4.75. The van der Waals surface area contributed by atoms with Gasteiger partial charge in [-0.25, -0.2) is 0 Å². The highest BCUT2D eigenvalue weighted by atomic mass is 16.3. The molecule has 0 radical (unpaired) electrons. The summed E-state index contributed by atoms with van der Waals surface area (Å²) in [5.74, 6) is 0.0609.